The normalized spacial score (nSPS) is 12.3. The van der Waals surface area contributed by atoms with Crippen molar-refractivity contribution in [3.63, 3.8) is 0 Å². The van der Waals surface area contributed by atoms with Gasteiger partial charge in [0.1, 0.15) is 4.90 Å². The van der Waals surface area contributed by atoms with Gasteiger partial charge >= 0.3 is 6.36 Å². The molecule has 0 saturated carbocycles. The number of nitro groups is 1. The number of halogens is 5. The van der Waals surface area contributed by atoms with Gasteiger partial charge in [-0.1, -0.05) is 0 Å². The van der Waals surface area contributed by atoms with E-state index in [1.54, 1.807) is 0 Å². The summed E-state index contributed by atoms with van der Waals surface area (Å²) in [5.41, 5.74) is -0.763. The van der Waals surface area contributed by atoms with Crippen LogP contribution in [0.4, 0.5) is 18.9 Å². The molecule has 0 heterocycles. The van der Waals surface area contributed by atoms with Crippen molar-refractivity contribution in [2.75, 3.05) is 0 Å². The molecule has 0 spiro atoms. The van der Waals surface area contributed by atoms with E-state index in [0.717, 1.165) is 0 Å². The lowest BCUT2D eigenvalue weighted by Gasteiger charge is -2.13. The maximum atomic E-state index is 12.1. The van der Waals surface area contributed by atoms with Crippen LogP contribution in [0.2, 0.25) is 0 Å². The van der Waals surface area contributed by atoms with Crippen molar-refractivity contribution in [2.45, 2.75) is 11.3 Å². The zero-order valence-corrected chi connectivity index (χ0v) is 11.6. The van der Waals surface area contributed by atoms with Crippen LogP contribution in [0.5, 0.6) is 5.75 Å². The standard InChI is InChI=1S/C7H2BrClF3NO5S/c8-4-1-3(13(14)15)2-5(19(9,16)17)6(4)18-7(10,11)12/h1-2H. The molecule has 0 aliphatic carbocycles. The SMILES string of the molecule is O=[N+]([O-])c1cc(Br)c(OC(F)(F)F)c(S(=O)(=O)Cl)c1. The van der Waals surface area contributed by atoms with Crippen molar-refractivity contribution in [2.24, 2.45) is 0 Å². The Kier molecular flexibility index (Phi) is 4.32. The highest BCUT2D eigenvalue weighted by Crippen LogP contribution is 2.40. The van der Waals surface area contributed by atoms with Gasteiger partial charge in [0.25, 0.3) is 14.7 Å². The van der Waals surface area contributed by atoms with Crippen molar-refractivity contribution in [1.82, 2.24) is 0 Å². The third-order valence-corrected chi connectivity index (χ3v) is 3.60. The molecule has 0 unspecified atom stereocenters. The molecule has 0 atom stereocenters. The first-order chi connectivity index (χ1) is 8.42. The first-order valence-electron chi connectivity index (χ1n) is 4.10. The summed E-state index contributed by atoms with van der Waals surface area (Å²) in [6, 6.07) is 1.03. The van der Waals surface area contributed by atoms with Crippen molar-refractivity contribution >= 4 is 41.4 Å². The number of alkyl halides is 3. The van der Waals surface area contributed by atoms with Crippen LogP contribution in [0.25, 0.3) is 0 Å². The van der Waals surface area contributed by atoms with E-state index in [2.05, 4.69) is 20.7 Å². The minimum absolute atomic E-state index is 0.369. The van der Waals surface area contributed by atoms with Gasteiger partial charge in [0, 0.05) is 22.8 Å². The zero-order chi connectivity index (χ0) is 15.0. The summed E-state index contributed by atoms with van der Waals surface area (Å²) in [4.78, 5) is 8.36. The molecule has 6 nitrogen and oxygen atoms in total. The first kappa shape index (κ1) is 16.0. The number of nitro benzene ring substituents is 1. The molecule has 0 aromatic heterocycles. The highest BCUT2D eigenvalue weighted by atomic mass is 79.9. The van der Waals surface area contributed by atoms with E-state index in [1.165, 1.54) is 0 Å². The number of ether oxygens (including phenoxy) is 1. The molecule has 0 amide bonds. The van der Waals surface area contributed by atoms with Crippen LogP contribution < -0.4 is 4.74 Å². The van der Waals surface area contributed by atoms with Gasteiger partial charge in [0.15, 0.2) is 5.75 Å². The third kappa shape index (κ3) is 4.21. The van der Waals surface area contributed by atoms with E-state index in [9.17, 15) is 31.7 Å². The molecule has 0 aliphatic rings. The van der Waals surface area contributed by atoms with Crippen LogP contribution in [-0.4, -0.2) is 19.7 Å². The fourth-order valence-corrected chi connectivity index (χ4v) is 2.69. The molecule has 19 heavy (non-hydrogen) atoms. The molecule has 0 saturated heterocycles. The second-order valence-electron chi connectivity index (χ2n) is 3.00. The average molecular weight is 385 g/mol. The maximum absolute atomic E-state index is 12.1. The van der Waals surface area contributed by atoms with Gasteiger partial charge in [0.05, 0.1) is 9.40 Å². The average Bonchev–Trinajstić information content (AvgIpc) is 2.16. The fraction of sp³-hybridized carbons (Fsp3) is 0.143. The summed E-state index contributed by atoms with van der Waals surface area (Å²) in [6.45, 7) is 0. The highest BCUT2D eigenvalue weighted by molar-refractivity contribution is 9.10. The van der Waals surface area contributed by atoms with E-state index in [4.69, 9.17) is 10.7 Å². The van der Waals surface area contributed by atoms with Crippen LogP contribution in [0.3, 0.4) is 0 Å². The largest absolute Gasteiger partial charge is 0.573 e. The Balaban J connectivity index is 3.58. The van der Waals surface area contributed by atoms with Gasteiger partial charge in [-0.2, -0.15) is 0 Å². The molecule has 0 aliphatic heterocycles. The summed E-state index contributed by atoms with van der Waals surface area (Å²) < 4.78 is 61.6. The Labute approximate surface area is 116 Å². The van der Waals surface area contributed by atoms with Gasteiger partial charge in [-0.25, -0.2) is 8.42 Å². The molecule has 0 radical (unpaired) electrons. The van der Waals surface area contributed by atoms with E-state index in [0.29, 0.717) is 12.1 Å². The summed E-state index contributed by atoms with van der Waals surface area (Å²) >= 11 is 2.56. The molecule has 1 aromatic carbocycles. The van der Waals surface area contributed by atoms with Crippen LogP contribution in [0, 0.1) is 10.1 Å². The predicted molar refractivity (Wildman–Crippen MR) is 60.5 cm³/mol. The molecular weight excluding hydrogens is 382 g/mol. The lowest BCUT2D eigenvalue weighted by Crippen LogP contribution is -2.19. The minimum atomic E-state index is -5.19. The van der Waals surface area contributed by atoms with Crippen LogP contribution in [-0.2, 0) is 9.05 Å². The number of nitrogens with zero attached hydrogens (tertiary/aromatic N) is 1. The fourth-order valence-electron chi connectivity index (χ4n) is 1.06. The Morgan fingerprint density at radius 1 is 1.37 bits per heavy atom. The second kappa shape index (κ2) is 5.13. The quantitative estimate of drug-likeness (QED) is 0.454. The van der Waals surface area contributed by atoms with Crippen molar-refractivity contribution in [1.29, 1.82) is 0 Å². The van der Waals surface area contributed by atoms with Gasteiger partial charge < -0.3 is 4.74 Å². The number of rotatable bonds is 3. The van der Waals surface area contributed by atoms with E-state index >= 15 is 0 Å². The van der Waals surface area contributed by atoms with E-state index in [1.807, 2.05) is 0 Å². The van der Waals surface area contributed by atoms with Gasteiger partial charge in [-0.15, -0.1) is 13.2 Å². The molecular formula is C7H2BrClF3NO5S. The first-order valence-corrected chi connectivity index (χ1v) is 7.20. The number of hydrogen-bond acceptors (Lipinski definition) is 5. The molecule has 106 valence electrons. The summed E-state index contributed by atoms with van der Waals surface area (Å²) in [5, 5.41) is 10.5. The minimum Gasteiger partial charge on any atom is -0.403 e. The van der Waals surface area contributed by atoms with E-state index < -0.39 is 41.1 Å². The van der Waals surface area contributed by atoms with Gasteiger partial charge in [0.2, 0.25) is 0 Å². The van der Waals surface area contributed by atoms with Crippen molar-refractivity contribution in [3.05, 3.63) is 26.7 Å². The molecule has 0 fully saturated rings. The van der Waals surface area contributed by atoms with Crippen LogP contribution in [0.15, 0.2) is 21.5 Å². The van der Waals surface area contributed by atoms with E-state index in [-0.39, 0.29) is 0 Å². The summed E-state index contributed by atoms with van der Waals surface area (Å²) in [7, 11) is 0.251. The number of benzene rings is 1. The Bertz CT molecular complexity index is 632. The Morgan fingerprint density at radius 2 is 1.89 bits per heavy atom. The predicted octanol–water partition coefficient (Wildman–Crippen LogP) is 3.18. The highest BCUT2D eigenvalue weighted by Gasteiger charge is 2.36. The molecule has 0 bridgehead atoms. The Hall–Kier alpha value is -1.07. The zero-order valence-electron chi connectivity index (χ0n) is 8.44. The molecule has 1 rings (SSSR count). The maximum Gasteiger partial charge on any atom is 0.573 e. The smallest absolute Gasteiger partial charge is 0.403 e. The monoisotopic (exact) mass is 383 g/mol. The number of non-ortho nitro benzene ring substituents is 1. The summed E-state index contributed by atoms with van der Waals surface area (Å²) in [5.74, 6) is -1.17. The van der Waals surface area contributed by atoms with Gasteiger partial charge in [-0.05, 0) is 15.9 Å². The molecule has 1 aromatic rings. The number of hydrogen-bond donors (Lipinski definition) is 0. The van der Waals surface area contributed by atoms with Crippen LogP contribution in [0.1, 0.15) is 0 Å². The molecule has 12 heteroatoms. The van der Waals surface area contributed by atoms with Crippen molar-refractivity contribution < 1.29 is 31.2 Å². The van der Waals surface area contributed by atoms with Gasteiger partial charge in [-0.3, -0.25) is 10.1 Å². The second-order valence-corrected chi connectivity index (χ2v) is 6.39. The topological polar surface area (TPSA) is 86.5 Å². The molecule has 0 N–H and O–H groups in total. The van der Waals surface area contributed by atoms with Crippen molar-refractivity contribution in [3.8, 4) is 5.75 Å². The lowest BCUT2D eigenvalue weighted by atomic mass is 10.3. The summed E-state index contributed by atoms with van der Waals surface area (Å²) in [6.07, 6.45) is -5.19. The third-order valence-electron chi connectivity index (χ3n) is 1.69. The van der Waals surface area contributed by atoms with Crippen LogP contribution >= 0.6 is 26.6 Å². The Morgan fingerprint density at radius 3 is 2.26 bits per heavy atom. The lowest BCUT2D eigenvalue weighted by molar-refractivity contribution is -0.385.